The quantitative estimate of drug-likeness (QED) is 0.513. The summed E-state index contributed by atoms with van der Waals surface area (Å²) in [4.78, 5) is 22.1. The second-order valence-electron chi connectivity index (χ2n) is 4.42. The highest BCUT2D eigenvalue weighted by Crippen LogP contribution is 2.16. The van der Waals surface area contributed by atoms with Gasteiger partial charge in [0, 0.05) is 16.6 Å². The topological polar surface area (TPSA) is 84.6 Å². The molecule has 7 heteroatoms. The Bertz CT molecular complexity index is 742. The zero-order chi connectivity index (χ0) is 16.1. The van der Waals surface area contributed by atoms with Gasteiger partial charge in [0.2, 0.25) is 0 Å². The number of carbonyl (C=O) groups is 1. The summed E-state index contributed by atoms with van der Waals surface area (Å²) in [7, 11) is 0. The lowest BCUT2D eigenvalue weighted by atomic mass is 10.1. The molecule has 0 aliphatic carbocycles. The molecule has 0 aromatic heterocycles. The van der Waals surface area contributed by atoms with Crippen molar-refractivity contribution in [3.63, 3.8) is 0 Å². The fourth-order valence-corrected chi connectivity index (χ4v) is 2.19. The molecule has 1 amide bonds. The molecule has 0 saturated heterocycles. The van der Waals surface area contributed by atoms with Gasteiger partial charge in [-0.25, -0.2) is 5.43 Å². The van der Waals surface area contributed by atoms with Crippen molar-refractivity contribution in [3.8, 4) is 0 Å². The summed E-state index contributed by atoms with van der Waals surface area (Å²) in [6.45, 7) is 1.71. The summed E-state index contributed by atoms with van der Waals surface area (Å²) >= 11 is 3.30. The van der Waals surface area contributed by atoms with Crippen molar-refractivity contribution >= 4 is 33.2 Å². The monoisotopic (exact) mass is 361 g/mol. The number of nitrogens with one attached hydrogen (secondary N) is 1. The molecule has 0 saturated carbocycles. The maximum Gasteiger partial charge on any atom is 0.272 e. The van der Waals surface area contributed by atoms with Gasteiger partial charge in [0.05, 0.1) is 16.2 Å². The van der Waals surface area contributed by atoms with Crippen LogP contribution in [-0.4, -0.2) is 16.5 Å². The van der Waals surface area contributed by atoms with Crippen LogP contribution in [0, 0.1) is 10.1 Å². The Balaban J connectivity index is 2.11. The van der Waals surface area contributed by atoms with Crippen molar-refractivity contribution in [3.05, 3.63) is 74.2 Å². The summed E-state index contributed by atoms with van der Waals surface area (Å²) in [6, 6.07) is 13.0. The average molecular weight is 362 g/mol. The fraction of sp³-hybridized carbons (Fsp3) is 0.0667. The lowest BCUT2D eigenvalue weighted by molar-refractivity contribution is -0.384. The Morgan fingerprint density at radius 2 is 1.82 bits per heavy atom. The zero-order valence-electron chi connectivity index (χ0n) is 11.6. The van der Waals surface area contributed by atoms with Gasteiger partial charge < -0.3 is 0 Å². The number of rotatable bonds is 4. The van der Waals surface area contributed by atoms with Gasteiger partial charge in [-0.15, -0.1) is 0 Å². The van der Waals surface area contributed by atoms with Gasteiger partial charge in [-0.2, -0.15) is 5.10 Å². The number of nitro groups is 1. The van der Waals surface area contributed by atoms with E-state index in [1.807, 2.05) is 6.07 Å². The normalized spacial score (nSPS) is 11.1. The number of nitro benzene ring substituents is 1. The minimum Gasteiger partial charge on any atom is -0.267 e. The summed E-state index contributed by atoms with van der Waals surface area (Å²) in [5.74, 6) is -0.339. The Kier molecular flexibility index (Phi) is 5.00. The first-order valence-corrected chi connectivity index (χ1v) is 7.12. The number of benzene rings is 2. The molecular formula is C15H12BrN3O3. The van der Waals surface area contributed by atoms with Gasteiger partial charge in [-0.05, 0) is 52.7 Å². The molecule has 0 radical (unpaired) electrons. The number of hydrogen-bond donors (Lipinski definition) is 1. The summed E-state index contributed by atoms with van der Waals surface area (Å²) in [5.41, 5.74) is 4.19. The van der Waals surface area contributed by atoms with Crippen LogP contribution in [-0.2, 0) is 0 Å². The lowest BCUT2D eigenvalue weighted by Gasteiger charge is -2.04. The molecule has 0 fully saturated rings. The van der Waals surface area contributed by atoms with E-state index in [0.29, 0.717) is 21.3 Å². The van der Waals surface area contributed by atoms with Crippen LogP contribution in [0.2, 0.25) is 0 Å². The maximum absolute atomic E-state index is 12.0. The number of amides is 1. The minimum atomic E-state index is -0.467. The van der Waals surface area contributed by atoms with Crippen LogP contribution in [0.4, 0.5) is 5.69 Å². The minimum absolute atomic E-state index is 0.00815. The van der Waals surface area contributed by atoms with E-state index in [1.54, 1.807) is 37.3 Å². The largest absolute Gasteiger partial charge is 0.272 e. The summed E-state index contributed by atoms with van der Waals surface area (Å²) in [6.07, 6.45) is 0. The van der Waals surface area contributed by atoms with Gasteiger partial charge in [0.1, 0.15) is 0 Å². The van der Waals surface area contributed by atoms with Gasteiger partial charge in [0.25, 0.3) is 11.6 Å². The van der Waals surface area contributed by atoms with E-state index in [2.05, 4.69) is 26.5 Å². The van der Waals surface area contributed by atoms with Crippen molar-refractivity contribution in [1.82, 2.24) is 5.43 Å². The van der Waals surface area contributed by atoms with Crippen LogP contribution in [0.5, 0.6) is 0 Å². The van der Waals surface area contributed by atoms with Crippen molar-refractivity contribution < 1.29 is 9.72 Å². The van der Waals surface area contributed by atoms with Gasteiger partial charge in [-0.1, -0.05) is 12.1 Å². The maximum atomic E-state index is 12.0. The molecule has 2 rings (SSSR count). The molecule has 112 valence electrons. The molecular weight excluding hydrogens is 350 g/mol. The smallest absolute Gasteiger partial charge is 0.267 e. The molecule has 0 aliphatic heterocycles. The molecule has 2 aromatic carbocycles. The van der Waals surface area contributed by atoms with Crippen LogP contribution in [0.15, 0.2) is 58.1 Å². The van der Waals surface area contributed by atoms with E-state index in [9.17, 15) is 14.9 Å². The first-order valence-electron chi connectivity index (χ1n) is 6.33. The van der Waals surface area contributed by atoms with Crippen molar-refractivity contribution in [1.29, 1.82) is 0 Å². The highest BCUT2D eigenvalue weighted by molar-refractivity contribution is 9.10. The van der Waals surface area contributed by atoms with Crippen LogP contribution >= 0.6 is 15.9 Å². The molecule has 1 N–H and O–H groups in total. The number of non-ortho nitro benzene ring substituents is 1. The first-order chi connectivity index (χ1) is 10.5. The highest BCUT2D eigenvalue weighted by Gasteiger charge is 2.09. The lowest BCUT2D eigenvalue weighted by Crippen LogP contribution is -2.19. The highest BCUT2D eigenvalue weighted by atomic mass is 79.9. The van der Waals surface area contributed by atoms with Gasteiger partial charge >= 0.3 is 0 Å². The van der Waals surface area contributed by atoms with Crippen molar-refractivity contribution in [2.45, 2.75) is 6.92 Å². The Labute approximate surface area is 135 Å². The van der Waals surface area contributed by atoms with E-state index in [0.717, 1.165) is 0 Å². The van der Waals surface area contributed by atoms with Crippen molar-refractivity contribution in [2.24, 2.45) is 5.10 Å². The van der Waals surface area contributed by atoms with Crippen LogP contribution in [0.3, 0.4) is 0 Å². The number of nitrogens with zero attached hydrogens (tertiary/aromatic N) is 2. The second kappa shape index (κ2) is 6.95. The zero-order valence-corrected chi connectivity index (χ0v) is 13.2. The van der Waals surface area contributed by atoms with Gasteiger partial charge in [0.15, 0.2) is 0 Å². The third-order valence-electron chi connectivity index (χ3n) is 2.94. The van der Waals surface area contributed by atoms with E-state index in [4.69, 9.17) is 0 Å². The van der Waals surface area contributed by atoms with E-state index >= 15 is 0 Å². The Morgan fingerprint density at radius 1 is 1.18 bits per heavy atom. The molecule has 0 aliphatic rings. The third-order valence-corrected chi connectivity index (χ3v) is 3.63. The van der Waals surface area contributed by atoms with E-state index in [-0.39, 0.29) is 11.6 Å². The molecule has 0 atom stereocenters. The van der Waals surface area contributed by atoms with Crippen LogP contribution < -0.4 is 5.43 Å². The summed E-state index contributed by atoms with van der Waals surface area (Å²) < 4.78 is 0.677. The number of hydrazone groups is 1. The molecule has 0 unspecified atom stereocenters. The predicted octanol–water partition coefficient (Wildman–Crippen LogP) is 3.51. The number of hydrogen-bond acceptors (Lipinski definition) is 4. The molecule has 6 nitrogen and oxygen atoms in total. The molecule has 2 aromatic rings. The Hall–Kier alpha value is -2.54. The van der Waals surface area contributed by atoms with Crippen molar-refractivity contribution in [2.75, 3.05) is 0 Å². The molecule has 22 heavy (non-hydrogen) atoms. The predicted molar refractivity (Wildman–Crippen MR) is 86.9 cm³/mol. The Morgan fingerprint density at radius 3 is 2.41 bits per heavy atom. The van der Waals surface area contributed by atoms with Gasteiger partial charge in [-0.3, -0.25) is 14.9 Å². The molecule has 0 bridgehead atoms. The second-order valence-corrected chi connectivity index (χ2v) is 5.28. The van der Waals surface area contributed by atoms with Crippen LogP contribution in [0.1, 0.15) is 22.8 Å². The first kappa shape index (κ1) is 15.8. The standard InChI is InChI=1S/C15H12BrN3O3/c1-10(11-6-8-12(9-7-11)19(21)22)17-18-15(20)13-4-2-3-5-14(13)16/h2-9H,1H3,(H,18,20)/b17-10-. The third kappa shape index (κ3) is 3.76. The van der Waals surface area contributed by atoms with E-state index in [1.165, 1.54) is 12.1 Å². The summed E-state index contributed by atoms with van der Waals surface area (Å²) in [5, 5.41) is 14.6. The molecule has 0 heterocycles. The van der Waals surface area contributed by atoms with E-state index < -0.39 is 4.92 Å². The van der Waals surface area contributed by atoms with Crippen LogP contribution in [0.25, 0.3) is 0 Å². The number of carbonyl (C=O) groups excluding carboxylic acids is 1. The molecule has 0 spiro atoms. The average Bonchev–Trinajstić information content (AvgIpc) is 2.52. The SMILES string of the molecule is C/C(=N/NC(=O)c1ccccc1Br)c1ccc([N+](=O)[O-])cc1. The fourth-order valence-electron chi connectivity index (χ4n) is 1.73. The number of halogens is 1.